The van der Waals surface area contributed by atoms with E-state index < -0.39 is 0 Å². The summed E-state index contributed by atoms with van der Waals surface area (Å²) >= 11 is 0. The number of anilines is 1. The number of nitrogens with zero attached hydrogens (tertiary/aromatic N) is 1. The number of hydrogen-bond donors (Lipinski definition) is 2. The van der Waals surface area contributed by atoms with Crippen LogP contribution in [0.5, 0.6) is 0 Å². The highest BCUT2D eigenvalue weighted by molar-refractivity contribution is 5.92. The van der Waals surface area contributed by atoms with Gasteiger partial charge in [0.1, 0.15) is 5.82 Å². The van der Waals surface area contributed by atoms with E-state index >= 15 is 0 Å². The van der Waals surface area contributed by atoms with E-state index in [1.54, 1.807) is 12.1 Å². The monoisotopic (exact) mass is 354 g/mol. The van der Waals surface area contributed by atoms with Crippen LogP contribution in [0.4, 0.5) is 10.1 Å². The highest BCUT2D eigenvalue weighted by atomic mass is 19.1. The molecule has 4 rings (SSSR count). The SMILES string of the molecule is O=C(CN1CCC2(CC1)c1ccccc1C[C@H]2O)Nc1ccc(F)cc1. The maximum Gasteiger partial charge on any atom is 0.238 e. The van der Waals surface area contributed by atoms with Crippen molar-refractivity contribution in [2.45, 2.75) is 30.8 Å². The first-order valence-corrected chi connectivity index (χ1v) is 9.11. The number of aliphatic hydroxyl groups is 1. The van der Waals surface area contributed by atoms with Gasteiger partial charge >= 0.3 is 0 Å². The zero-order chi connectivity index (χ0) is 18.1. The molecule has 2 aliphatic rings. The molecule has 4 nitrogen and oxygen atoms in total. The van der Waals surface area contributed by atoms with E-state index in [1.165, 1.54) is 23.3 Å². The molecule has 2 N–H and O–H groups in total. The van der Waals surface area contributed by atoms with Gasteiger partial charge in [0.15, 0.2) is 0 Å². The van der Waals surface area contributed by atoms with Crippen LogP contribution in [0.3, 0.4) is 0 Å². The van der Waals surface area contributed by atoms with E-state index in [-0.39, 0.29) is 23.2 Å². The quantitative estimate of drug-likeness (QED) is 0.891. The Kier molecular flexibility index (Phi) is 4.51. The van der Waals surface area contributed by atoms with Gasteiger partial charge in [-0.2, -0.15) is 0 Å². The van der Waals surface area contributed by atoms with Crippen molar-refractivity contribution in [2.75, 3.05) is 25.0 Å². The lowest BCUT2D eigenvalue weighted by atomic mass is 9.72. The van der Waals surface area contributed by atoms with Crippen LogP contribution in [0.2, 0.25) is 0 Å². The molecule has 136 valence electrons. The van der Waals surface area contributed by atoms with E-state index in [0.29, 0.717) is 12.2 Å². The highest BCUT2D eigenvalue weighted by Gasteiger charge is 2.47. The van der Waals surface area contributed by atoms with Gasteiger partial charge in [-0.05, 0) is 67.7 Å². The van der Waals surface area contributed by atoms with Crippen LogP contribution in [0.1, 0.15) is 24.0 Å². The van der Waals surface area contributed by atoms with Gasteiger partial charge in [-0.3, -0.25) is 9.69 Å². The van der Waals surface area contributed by atoms with Crippen LogP contribution in [-0.2, 0) is 16.6 Å². The zero-order valence-corrected chi connectivity index (χ0v) is 14.6. The maximum absolute atomic E-state index is 12.9. The van der Waals surface area contributed by atoms with Crippen molar-refractivity contribution in [3.63, 3.8) is 0 Å². The smallest absolute Gasteiger partial charge is 0.238 e. The Labute approximate surface area is 152 Å². The Bertz CT molecular complexity index is 798. The summed E-state index contributed by atoms with van der Waals surface area (Å²) in [5.74, 6) is -0.417. The third-order valence-electron chi connectivity index (χ3n) is 5.85. The van der Waals surface area contributed by atoms with Gasteiger partial charge in [0.25, 0.3) is 0 Å². The second-order valence-electron chi connectivity index (χ2n) is 7.36. The van der Waals surface area contributed by atoms with Crippen LogP contribution < -0.4 is 5.32 Å². The summed E-state index contributed by atoms with van der Waals surface area (Å²) in [5.41, 5.74) is 2.97. The van der Waals surface area contributed by atoms with Crippen LogP contribution in [0.25, 0.3) is 0 Å². The minimum atomic E-state index is -0.338. The average molecular weight is 354 g/mol. The Balaban J connectivity index is 1.37. The number of hydrogen-bond acceptors (Lipinski definition) is 3. The minimum Gasteiger partial charge on any atom is -0.392 e. The van der Waals surface area contributed by atoms with E-state index in [1.807, 2.05) is 12.1 Å². The molecule has 1 spiro atoms. The van der Waals surface area contributed by atoms with Crippen molar-refractivity contribution < 1.29 is 14.3 Å². The number of piperidine rings is 1. The van der Waals surface area contributed by atoms with Crippen LogP contribution in [-0.4, -0.2) is 41.7 Å². The van der Waals surface area contributed by atoms with Gasteiger partial charge in [-0.15, -0.1) is 0 Å². The van der Waals surface area contributed by atoms with E-state index in [0.717, 1.165) is 32.4 Å². The fraction of sp³-hybridized carbons (Fsp3) is 0.381. The number of fused-ring (bicyclic) bond motifs is 2. The average Bonchev–Trinajstić information content (AvgIpc) is 2.91. The summed E-state index contributed by atoms with van der Waals surface area (Å²) in [6.45, 7) is 1.87. The minimum absolute atomic E-state index is 0.0973. The zero-order valence-electron chi connectivity index (χ0n) is 14.6. The molecule has 1 aliphatic carbocycles. The lowest BCUT2D eigenvalue weighted by molar-refractivity contribution is -0.117. The number of benzene rings is 2. The lowest BCUT2D eigenvalue weighted by Gasteiger charge is -2.42. The largest absolute Gasteiger partial charge is 0.392 e. The number of carbonyl (C=O) groups is 1. The molecule has 2 aromatic carbocycles. The number of aliphatic hydroxyl groups excluding tert-OH is 1. The van der Waals surface area contributed by atoms with Crippen molar-refractivity contribution in [2.24, 2.45) is 0 Å². The summed E-state index contributed by atoms with van der Waals surface area (Å²) < 4.78 is 12.9. The van der Waals surface area contributed by atoms with Crippen LogP contribution in [0, 0.1) is 5.82 Å². The summed E-state index contributed by atoms with van der Waals surface area (Å²) in [6.07, 6.45) is 2.10. The molecule has 2 aromatic rings. The van der Waals surface area contributed by atoms with Crippen molar-refractivity contribution in [3.05, 3.63) is 65.5 Å². The second-order valence-corrected chi connectivity index (χ2v) is 7.36. The standard InChI is InChI=1S/C21H23FN2O2/c22-16-5-7-17(8-6-16)23-20(26)14-24-11-9-21(10-12-24)18-4-2-1-3-15(18)13-19(21)25/h1-8,19,25H,9-14H2,(H,23,26)/t19-/m1/s1. The van der Waals surface area contributed by atoms with Gasteiger partial charge in [-0.25, -0.2) is 4.39 Å². The number of amides is 1. The highest BCUT2D eigenvalue weighted by Crippen LogP contribution is 2.46. The third kappa shape index (κ3) is 3.13. The second kappa shape index (κ2) is 6.82. The molecule has 1 amide bonds. The Morgan fingerprint density at radius 3 is 2.58 bits per heavy atom. The summed E-state index contributed by atoms with van der Waals surface area (Å²) in [6, 6.07) is 14.1. The predicted octanol–water partition coefficient (Wildman–Crippen LogP) is 2.72. The molecule has 1 aliphatic heterocycles. The van der Waals surface area contributed by atoms with Crippen molar-refractivity contribution >= 4 is 11.6 Å². The van der Waals surface area contributed by atoms with Gasteiger partial charge in [0, 0.05) is 11.1 Å². The van der Waals surface area contributed by atoms with E-state index in [4.69, 9.17) is 0 Å². The first-order chi connectivity index (χ1) is 12.6. The molecule has 1 heterocycles. The molecule has 0 aromatic heterocycles. The molecule has 1 atom stereocenters. The molecular formula is C21H23FN2O2. The van der Waals surface area contributed by atoms with Gasteiger partial charge in [-0.1, -0.05) is 24.3 Å². The summed E-state index contributed by atoms with van der Waals surface area (Å²) in [4.78, 5) is 14.4. The Morgan fingerprint density at radius 2 is 1.85 bits per heavy atom. The summed E-state index contributed by atoms with van der Waals surface area (Å²) in [5, 5.41) is 13.5. The number of carbonyl (C=O) groups excluding carboxylic acids is 1. The predicted molar refractivity (Wildman–Crippen MR) is 98.5 cm³/mol. The number of halogens is 1. The third-order valence-corrected chi connectivity index (χ3v) is 5.85. The summed E-state index contributed by atoms with van der Waals surface area (Å²) in [7, 11) is 0. The molecule has 1 fully saturated rings. The first-order valence-electron chi connectivity index (χ1n) is 9.11. The molecule has 26 heavy (non-hydrogen) atoms. The number of likely N-dealkylation sites (tertiary alicyclic amines) is 1. The topological polar surface area (TPSA) is 52.6 Å². The van der Waals surface area contributed by atoms with E-state index in [2.05, 4.69) is 22.3 Å². The van der Waals surface area contributed by atoms with Gasteiger partial charge in [0.2, 0.25) is 5.91 Å². The first kappa shape index (κ1) is 17.2. The molecule has 1 saturated heterocycles. The molecule has 5 heteroatoms. The van der Waals surface area contributed by atoms with Crippen molar-refractivity contribution in [1.29, 1.82) is 0 Å². The molecule has 0 saturated carbocycles. The Morgan fingerprint density at radius 1 is 1.15 bits per heavy atom. The van der Waals surface area contributed by atoms with Crippen molar-refractivity contribution in [1.82, 2.24) is 4.90 Å². The molecule has 0 unspecified atom stereocenters. The van der Waals surface area contributed by atoms with Crippen LogP contribution >= 0.6 is 0 Å². The number of nitrogens with one attached hydrogen (secondary N) is 1. The van der Waals surface area contributed by atoms with E-state index in [9.17, 15) is 14.3 Å². The number of rotatable bonds is 3. The normalized spacial score (nSPS) is 21.5. The molecule has 0 bridgehead atoms. The maximum atomic E-state index is 12.9. The van der Waals surface area contributed by atoms with Crippen molar-refractivity contribution in [3.8, 4) is 0 Å². The fourth-order valence-electron chi connectivity index (χ4n) is 4.42. The molecular weight excluding hydrogens is 331 g/mol. The Hall–Kier alpha value is -2.24. The molecule has 0 radical (unpaired) electrons. The van der Waals surface area contributed by atoms with Gasteiger partial charge < -0.3 is 10.4 Å². The fourth-order valence-corrected chi connectivity index (χ4v) is 4.42. The van der Waals surface area contributed by atoms with Gasteiger partial charge in [0.05, 0.1) is 12.6 Å². The lowest BCUT2D eigenvalue weighted by Crippen LogP contribution is -2.49. The van der Waals surface area contributed by atoms with Crippen LogP contribution in [0.15, 0.2) is 48.5 Å².